The van der Waals surface area contributed by atoms with Crippen LogP contribution >= 0.6 is 12.4 Å². The van der Waals surface area contributed by atoms with Crippen LogP contribution in [0.5, 0.6) is 5.75 Å². The van der Waals surface area contributed by atoms with Gasteiger partial charge in [-0.05, 0) is 81.8 Å². The summed E-state index contributed by atoms with van der Waals surface area (Å²) in [5.41, 5.74) is 0.790. The highest BCUT2D eigenvalue weighted by molar-refractivity contribution is 5.94. The molecule has 1 unspecified atom stereocenters. The zero-order valence-electron chi connectivity index (χ0n) is 18.3. The number of nitrogens with zero attached hydrogens (tertiary/aromatic N) is 2. The average Bonchev–Trinajstić information content (AvgIpc) is 3.00. The van der Waals surface area contributed by atoms with Gasteiger partial charge in [0.1, 0.15) is 5.75 Å². The van der Waals surface area contributed by atoms with Gasteiger partial charge < -0.3 is 14.5 Å². The Labute approximate surface area is 183 Å². The van der Waals surface area contributed by atoms with Gasteiger partial charge >= 0.3 is 0 Å². The number of ether oxygens (including phenoxy) is 1. The first kappa shape index (κ1) is 24.0. The molecule has 0 aliphatic carbocycles. The van der Waals surface area contributed by atoms with Crippen LogP contribution in [-0.2, 0) is 0 Å². The van der Waals surface area contributed by atoms with Crippen LogP contribution in [0.25, 0.3) is 0 Å². The Kier molecular flexibility index (Phi) is 10.3. The van der Waals surface area contributed by atoms with Crippen LogP contribution in [-0.4, -0.2) is 54.5 Å². The van der Waals surface area contributed by atoms with E-state index in [-0.39, 0.29) is 18.3 Å². The number of carbonyl (C=O) groups excluding carboxylic acids is 1. The maximum atomic E-state index is 13.2. The van der Waals surface area contributed by atoms with Gasteiger partial charge in [-0.3, -0.25) is 4.79 Å². The number of piperidine rings is 1. The summed E-state index contributed by atoms with van der Waals surface area (Å²) in [4.78, 5) is 17.9. The van der Waals surface area contributed by atoms with Gasteiger partial charge in [-0.15, -0.1) is 12.4 Å². The van der Waals surface area contributed by atoms with Crippen LogP contribution in [0.15, 0.2) is 24.3 Å². The van der Waals surface area contributed by atoms with Gasteiger partial charge in [-0.1, -0.05) is 26.7 Å². The van der Waals surface area contributed by atoms with Crippen LogP contribution in [0, 0.1) is 5.92 Å². The summed E-state index contributed by atoms with van der Waals surface area (Å²) in [6.45, 7) is 9.49. The average molecular weight is 423 g/mol. The van der Waals surface area contributed by atoms with Crippen LogP contribution in [0.1, 0.15) is 75.6 Å². The van der Waals surface area contributed by atoms with Gasteiger partial charge in [0, 0.05) is 24.7 Å². The van der Waals surface area contributed by atoms with Crippen molar-refractivity contribution in [3.63, 3.8) is 0 Å². The molecule has 1 aromatic rings. The van der Waals surface area contributed by atoms with Gasteiger partial charge in [-0.2, -0.15) is 0 Å². The predicted octanol–water partition coefficient (Wildman–Crippen LogP) is 5.40. The quantitative estimate of drug-likeness (QED) is 0.589. The fourth-order valence-electron chi connectivity index (χ4n) is 4.38. The highest BCUT2D eigenvalue weighted by Crippen LogP contribution is 2.24. The van der Waals surface area contributed by atoms with E-state index in [4.69, 9.17) is 4.74 Å². The van der Waals surface area contributed by atoms with Crippen molar-refractivity contribution in [3.8, 4) is 5.75 Å². The molecule has 0 N–H and O–H groups in total. The van der Waals surface area contributed by atoms with Crippen LogP contribution in [0.3, 0.4) is 0 Å². The summed E-state index contributed by atoms with van der Waals surface area (Å²) >= 11 is 0. The Balaban J connectivity index is 0.00000300. The zero-order chi connectivity index (χ0) is 19.8. The summed E-state index contributed by atoms with van der Waals surface area (Å²) in [7, 11) is 0. The fraction of sp³-hybridized carbons (Fsp3) is 0.708. The molecule has 2 aliphatic heterocycles. The predicted molar refractivity (Wildman–Crippen MR) is 122 cm³/mol. The van der Waals surface area contributed by atoms with E-state index in [2.05, 4.69) is 23.6 Å². The highest BCUT2D eigenvalue weighted by atomic mass is 35.5. The van der Waals surface area contributed by atoms with Crippen molar-refractivity contribution in [3.05, 3.63) is 29.8 Å². The largest absolute Gasteiger partial charge is 0.493 e. The second-order valence-electron chi connectivity index (χ2n) is 8.92. The Morgan fingerprint density at radius 3 is 2.31 bits per heavy atom. The summed E-state index contributed by atoms with van der Waals surface area (Å²) in [6.07, 6.45) is 10.0. The van der Waals surface area contributed by atoms with E-state index in [9.17, 15) is 4.79 Å². The van der Waals surface area contributed by atoms with E-state index >= 15 is 0 Å². The Morgan fingerprint density at radius 2 is 1.66 bits per heavy atom. The van der Waals surface area contributed by atoms with Crippen LogP contribution in [0.4, 0.5) is 0 Å². The highest BCUT2D eigenvalue weighted by Gasteiger charge is 2.27. The molecule has 0 radical (unpaired) electrons. The summed E-state index contributed by atoms with van der Waals surface area (Å²) in [6, 6.07) is 8.12. The first-order valence-corrected chi connectivity index (χ1v) is 11.4. The molecule has 2 heterocycles. The molecule has 164 valence electrons. The lowest BCUT2D eigenvalue weighted by Crippen LogP contribution is -2.45. The molecular weight excluding hydrogens is 384 g/mol. The second kappa shape index (κ2) is 12.4. The number of benzene rings is 1. The van der Waals surface area contributed by atoms with Crippen molar-refractivity contribution in [2.24, 2.45) is 5.92 Å². The third-order valence-electron chi connectivity index (χ3n) is 6.05. The molecule has 0 aromatic heterocycles. The minimum absolute atomic E-state index is 0. The standard InChI is InChI=1S/C24H38N2O2.ClH/c1-20(2)19-28-23-12-10-21(11-13-23)24(27)26-17-8-5-9-22(26)14-18-25-15-6-3-4-7-16-25;/h10-13,20,22H,3-9,14-19H2,1-2H3;1H. The number of carbonyl (C=O) groups is 1. The molecule has 1 atom stereocenters. The Hall–Kier alpha value is -1.26. The molecule has 29 heavy (non-hydrogen) atoms. The third-order valence-corrected chi connectivity index (χ3v) is 6.05. The van der Waals surface area contributed by atoms with Gasteiger partial charge in [0.2, 0.25) is 0 Å². The molecule has 1 amide bonds. The number of likely N-dealkylation sites (tertiary alicyclic amines) is 2. The minimum Gasteiger partial charge on any atom is -0.493 e. The molecular formula is C24H39ClN2O2. The Morgan fingerprint density at radius 1 is 1.00 bits per heavy atom. The molecule has 2 fully saturated rings. The molecule has 3 rings (SSSR count). The normalized spacial score (nSPS) is 20.8. The lowest BCUT2D eigenvalue weighted by atomic mass is 9.97. The molecule has 5 heteroatoms. The summed E-state index contributed by atoms with van der Waals surface area (Å²) in [5.74, 6) is 1.54. The molecule has 0 bridgehead atoms. The van der Waals surface area contributed by atoms with Crippen molar-refractivity contribution < 1.29 is 9.53 Å². The number of halogens is 1. The van der Waals surface area contributed by atoms with E-state index in [0.29, 0.717) is 18.6 Å². The lowest BCUT2D eigenvalue weighted by molar-refractivity contribution is 0.0584. The van der Waals surface area contributed by atoms with Crippen LogP contribution in [0.2, 0.25) is 0 Å². The third kappa shape index (κ3) is 7.49. The Bertz CT molecular complexity index is 597. The SMILES string of the molecule is CC(C)COc1ccc(C(=O)N2CCCCC2CCN2CCCCCC2)cc1.Cl. The monoisotopic (exact) mass is 422 g/mol. The van der Waals surface area contributed by atoms with Crippen LogP contribution < -0.4 is 4.74 Å². The molecule has 0 saturated carbocycles. The maximum Gasteiger partial charge on any atom is 0.254 e. The number of hydrogen-bond donors (Lipinski definition) is 0. The second-order valence-corrected chi connectivity index (χ2v) is 8.92. The fourth-order valence-corrected chi connectivity index (χ4v) is 4.38. The van der Waals surface area contributed by atoms with E-state index in [1.54, 1.807) is 0 Å². The zero-order valence-corrected chi connectivity index (χ0v) is 19.1. The number of hydrogen-bond acceptors (Lipinski definition) is 3. The van der Waals surface area contributed by atoms with Crippen molar-refractivity contribution in [2.45, 2.75) is 71.3 Å². The first-order valence-electron chi connectivity index (χ1n) is 11.4. The van der Waals surface area contributed by atoms with Crippen molar-refractivity contribution in [2.75, 3.05) is 32.8 Å². The minimum atomic E-state index is 0. The molecule has 1 aromatic carbocycles. The van der Waals surface area contributed by atoms with Crippen molar-refractivity contribution in [1.29, 1.82) is 0 Å². The lowest BCUT2D eigenvalue weighted by Gasteiger charge is -2.37. The van der Waals surface area contributed by atoms with E-state index in [0.717, 1.165) is 43.7 Å². The smallest absolute Gasteiger partial charge is 0.254 e. The number of rotatable bonds is 7. The van der Waals surface area contributed by atoms with Crippen molar-refractivity contribution in [1.82, 2.24) is 9.80 Å². The van der Waals surface area contributed by atoms with Gasteiger partial charge in [0.25, 0.3) is 5.91 Å². The molecule has 2 aliphatic rings. The summed E-state index contributed by atoms with van der Waals surface area (Å²) < 4.78 is 5.75. The van der Waals surface area contributed by atoms with Gasteiger partial charge in [-0.25, -0.2) is 0 Å². The first-order chi connectivity index (χ1) is 13.6. The van der Waals surface area contributed by atoms with Gasteiger partial charge in [0.15, 0.2) is 0 Å². The summed E-state index contributed by atoms with van der Waals surface area (Å²) in [5, 5.41) is 0. The van der Waals surface area contributed by atoms with Crippen molar-refractivity contribution >= 4 is 18.3 Å². The maximum absolute atomic E-state index is 13.2. The van der Waals surface area contributed by atoms with Gasteiger partial charge in [0.05, 0.1) is 6.61 Å². The molecule has 2 saturated heterocycles. The topological polar surface area (TPSA) is 32.8 Å². The van der Waals surface area contributed by atoms with E-state index in [1.165, 1.54) is 45.2 Å². The van der Waals surface area contributed by atoms with E-state index in [1.807, 2.05) is 24.3 Å². The molecule has 0 spiro atoms. The van der Waals surface area contributed by atoms with E-state index < -0.39 is 0 Å². The number of amides is 1. The molecule has 4 nitrogen and oxygen atoms in total.